The first-order valence-electron chi connectivity index (χ1n) is 10.1. The summed E-state index contributed by atoms with van der Waals surface area (Å²) in [7, 11) is 0. The summed E-state index contributed by atoms with van der Waals surface area (Å²) in [4.78, 5) is 28.3. The van der Waals surface area contributed by atoms with E-state index < -0.39 is 6.04 Å². The van der Waals surface area contributed by atoms with E-state index in [4.69, 9.17) is 0 Å². The Labute approximate surface area is 166 Å². The van der Waals surface area contributed by atoms with E-state index in [2.05, 4.69) is 41.3 Å². The van der Waals surface area contributed by atoms with Gasteiger partial charge in [-0.1, -0.05) is 58.0 Å². The molecule has 2 N–H and O–H groups in total. The molecule has 1 aliphatic rings. The van der Waals surface area contributed by atoms with E-state index >= 15 is 0 Å². The van der Waals surface area contributed by atoms with Crippen molar-refractivity contribution in [3.63, 3.8) is 0 Å². The normalized spacial score (nSPS) is 22.4. The number of aromatic amines is 1. The Morgan fingerprint density at radius 1 is 1.25 bits per heavy atom. The van der Waals surface area contributed by atoms with Crippen molar-refractivity contribution in [1.29, 1.82) is 0 Å². The largest absolute Gasteiger partial charge is 0.347 e. The molecule has 1 saturated carbocycles. The minimum absolute atomic E-state index is 0.0137. The molecule has 150 valence electrons. The van der Waals surface area contributed by atoms with Crippen LogP contribution in [0.1, 0.15) is 65.1 Å². The summed E-state index contributed by atoms with van der Waals surface area (Å²) in [6.07, 6.45) is 3.48. The first kappa shape index (κ1) is 20.2. The van der Waals surface area contributed by atoms with Crippen LogP contribution in [0.3, 0.4) is 0 Å². The van der Waals surface area contributed by atoms with E-state index in [1.54, 1.807) is 0 Å². The molecule has 0 aliphatic heterocycles. The molecule has 28 heavy (non-hydrogen) atoms. The zero-order valence-corrected chi connectivity index (χ0v) is 17.2. The molecule has 0 saturated heterocycles. The van der Waals surface area contributed by atoms with E-state index in [0.717, 1.165) is 24.8 Å². The third kappa shape index (κ3) is 4.66. The van der Waals surface area contributed by atoms with E-state index in [1.807, 2.05) is 37.3 Å². The van der Waals surface area contributed by atoms with Crippen LogP contribution < -0.4 is 10.9 Å². The summed E-state index contributed by atoms with van der Waals surface area (Å²) in [5, 5.41) is 11.4. The molecule has 3 unspecified atom stereocenters. The Bertz CT molecular complexity index is 876. The number of amides is 1. The first-order valence-corrected chi connectivity index (χ1v) is 10.1. The SMILES string of the molecule is CCC(NC(=O)C1CC(C)CC(C)(C)C1)c1nnc(-c2ccccc2)[nH]c1=O. The second-order valence-corrected chi connectivity index (χ2v) is 8.83. The molecule has 3 rings (SSSR count). The van der Waals surface area contributed by atoms with Gasteiger partial charge in [-0.25, -0.2) is 0 Å². The lowest BCUT2D eigenvalue weighted by molar-refractivity contribution is -0.128. The second-order valence-electron chi connectivity index (χ2n) is 8.83. The molecular formula is C22H30N4O2. The van der Waals surface area contributed by atoms with Crippen LogP contribution in [0.15, 0.2) is 35.1 Å². The van der Waals surface area contributed by atoms with Crippen LogP contribution in [-0.4, -0.2) is 21.1 Å². The molecule has 6 heteroatoms. The van der Waals surface area contributed by atoms with Gasteiger partial charge in [-0.2, -0.15) is 0 Å². The number of rotatable bonds is 5. The minimum atomic E-state index is -0.436. The maximum Gasteiger partial charge on any atom is 0.275 e. The number of nitrogens with one attached hydrogen (secondary N) is 2. The molecule has 6 nitrogen and oxygen atoms in total. The Hall–Kier alpha value is -2.50. The highest BCUT2D eigenvalue weighted by molar-refractivity contribution is 5.79. The number of nitrogens with zero attached hydrogens (tertiary/aromatic N) is 2. The standard InChI is InChI=1S/C22H30N4O2/c1-5-17(23-20(27)16-11-14(2)12-22(3,4)13-16)18-21(28)24-19(26-25-18)15-9-7-6-8-10-15/h6-10,14,16-17H,5,11-13H2,1-4H3,(H,23,27)(H,24,26,28). The fourth-order valence-electron chi connectivity index (χ4n) is 4.50. The second kappa shape index (κ2) is 8.25. The maximum absolute atomic E-state index is 12.9. The average molecular weight is 383 g/mol. The lowest BCUT2D eigenvalue weighted by atomic mass is 9.68. The number of hydrogen-bond acceptors (Lipinski definition) is 4. The van der Waals surface area contributed by atoms with Crippen molar-refractivity contribution >= 4 is 5.91 Å². The highest BCUT2D eigenvalue weighted by Gasteiger charge is 2.36. The molecule has 1 aliphatic carbocycles. The fourth-order valence-corrected chi connectivity index (χ4v) is 4.50. The summed E-state index contributed by atoms with van der Waals surface area (Å²) >= 11 is 0. The van der Waals surface area contributed by atoms with Crippen molar-refractivity contribution in [1.82, 2.24) is 20.5 Å². The van der Waals surface area contributed by atoms with Crippen molar-refractivity contribution in [3.8, 4) is 11.4 Å². The van der Waals surface area contributed by atoms with E-state index in [-0.39, 0.29) is 28.5 Å². The van der Waals surface area contributed by atoms with Crippen LogP contribution in [0.2, 0.25) is 0 Å². The van der Waals surface area contributed by atoms with Crippen LogP contribution >= 0.6 is 0 Å². The van der Waals surface area contributed by atoms with Crippen molar-refractivity contribution in [2.75, 3.05) is 0 Å². The number of carbonyl (C=O) groups is 1. The van der Waals surface area contributed by atoms with Gasteiger partial charge in [-0.05, 0) is 37.0 Å². The van der Waals surface area contributed by atoms with Gasteiger partial charge in [0.1, 0.15) is 0 Å². The predicted octanol–water partition coefficient (Wildman–Crippen LogP) is 3.86. The van der Waals surface area contributed by atoms with Crippen LogP contribution in [-0.2, 0) is 4.79 Å². The number of carbonyl (C=O) groups excluding carboxylic acids is 1. The molecule has 2 aromatic rings. The van der Waals surface area contributed by atoms with Crippen LogP contribution in [0.25, 0.3) is 11.4 Å². The lowest BCUT2D eigenvalue weighted by Crippen LogP contribution is -2.41. The summed E-state index contributed by atoms with van der Waals surface area (Å²) in [5.74, 6) is 0.939. The molecule has 0 spiro atoms. The van der Waals surface area contributed by atoms with E-state index in [0.29, 0.717) is 18.2 Å². The van der Waals surface area contributed by atoms with Gasteiger partial charge in [0.2, 0.25) is 5.91 Å². The summed E-state index contributed by atoms with van der Waals surface area (Å²) in [6, 6.07) is 8.96. The molecule has 1 aromatic carbocycles. The van der Waals surface area contributed by atoms with Crippen LogP contribution in [0.4, 0.5) is 0 Å². The first-order chi connectivity index (χ1) is 13.3. The molecule has 0 radical (unpaired) electrons. The highest BCUT2D eigenvalue weighted by Crippen LogP contribution is 2.41. The van der Waals surface area contributed by atoms with E-state index in [1.165, 1.54) is 0 Å². The topological polar surface area (TPSA) is 87.7 Å². The quantitative estimate of drug-likeness (QED) is 0.822. The number of H-pyrrole nitrogens is 1. The zero-order chi connectivity index (χ0) is 20.3. The van der Waals surface area contributed by atoms with Gasteiger partial charge < -0.3 is 10.3 Å². The molecule has 0 bridgehead atoms. The molecular weight excluding hydrogens is 352 g/mol. The Morgan fingerprint density at radius 2 is 1.96 bits per heavy atom. The van der Waals surface area contributed by atoms with Gasteiger partial charge in [0, 0.05) is 11.5 Å². The van der Waals surface area contributed by atoms with Gasteiger partial charge >= 0.3 is 0 Å². The Balaban J connectivity index is 1.76. The van der Waals surface area contributed by atoms with Gasteiger partial charge in [0.25, 0.3) is 5.56 Å². The average Bonchev–Trinajstić information content (AvgIpc) is 2.65. The fraction of sp³-hybridized carbons (Fsp3) is 0.545. The monoisotopic (exact) mass is 382 g/mol. The van der Waals surface area contributed by atoms with Crippen LogP contribution in [0.5, 0.6) is 0 Å². The number of benzene rings is 1. The van der Waals surface area contributed by atoms with Crippen molar-refractivity contribution in [3.05, 3.63) is 46.4 Å². The van der Waals surface area contributed by atoms with Crippen molar-refractivity contribution < 1.29 is 4.79 Å². The van der Waals surface area contributed by atoms with E-state index in [9.17, 15) is 9.59 Å². The molecule has 3 atom stereocenters. The molecule has 1 aromatic heterocycles. The summed E-state index contributed by atoms with van der Waals surface area (Å²) < 4.78 is 0. The lowest BCUT2D eigenvalue weighted by Gasteiger charge is -2.38. The minimum Gasteiger partial charge on any atom is -0.347 e. The third-order valence-electron chi connectivity index (χ3n) is 5.58. The number of aromatic nitrogens is 3. The van der Waals surface area contributed by atoms with Crippen molar-refractivity contribution in [2.24, 2.45) is 17.3 Å². The Morgan fingerprint density at radius 3 is 2.57 bits per heavy atom. The van der Waals surface area contributed by atoms with Gasteiger partial charge in [-0.3, -0.25) is 9.59 Å². The number of hydrogen-bond donors (Lipinski definition) is 2. The molecule has 1 fully saturated rings. The smallest absolute Gasteiger partial charge is 0.275 e. The summed E-state index contributed by atoms with van der Waals surface area (Å²) in [6.45, 7) is 8.58. The van der Waals surface area contributed by atoms with Crippen LogP contribution in [0, 0.1) is 17.3 Å². The Kier molecular flexibility index (Phi) is 5.96. The maximum atomic E-state index is 12.9. The highest BCUT2D eigenvalue weighted by atomic mass is 16.2. The zero-order valence-electron chi connectivity index (χ0n) is 17.2. The van der Waals surface area contributed by atoms with Gasteiger partial charge in [0.15, 0.2) is 11.5 Å². The molecule has 1 heterocycles. The van der Waals surface area contributed by atoms with Gasteiger partial charge in [0.05, 0.1) is 6.04 Å². The molecule has 1 amide bonds. The summed E-state index contributed by atoms with van der Waals surface area (Å²) in [5.41, 5.74) is 0.918. The predicted molar refractivity (Wildman–Crippen MR) is 110 cm³/mol. The van der Waals surface area contributed by atoms with Crippen molar-refractivity contribution in [2.45, 2.75) is 59.4 Å². The van der Waals surface area contributed by atoms with Gasteiger partial charge in [-0.15, -0.1) is 10.2 Å². The third-order valence-corrected chi connectivity index (χ3v) is 5.58.